The SMILES string of the molecule is CCOC(=O)c1ncc2c(n1)CC(=O)CC2. The second-order valence-corrected chi connectivity index (χ2v) is 3.60. The molecule has 1 aliphatic carbocycles. The fourth-order valence-corrected chi connectivity index (χ4v) is 1.65. The molecule has 0 radical (unpaired) electrons. The Hall–Kier alpha value is -1.78. The Labute approximate surface area is 92.9 Å². The quantitative estimate of drug-likeness (QED) is 0.686. The molecule has 0 saturated carbocycles. The number of hydrogen-bond donors (Lipinski definition) is 0. The van der Waals surface area contributed by atoms with Gasteiger partial charge >= 0.3 is 5.97 Å². The minimum Gasteiger partial charge on any atom is -0.460 e. The molecule has 16 heavy (non-hydrogen) atoms. The zero-order chi connectivity index (χ0) is 11.5. The van der Waals surface area contributed by atoms with Gasteiger partial charge in [-0.2, -0.15) is 0 Å². The fraction of sp³-hybridized carbons (Fsp3) is 0.455. The summed E-state index contributed by atoms with van der Waals surface area (Å²) in [6.45, 7) is 2.01. The van der Waals surface area contributed by atoms with Gasteiger partial charge in [0, 0.05) is 19.0 Å². The van der Waals surface area contributed by atoms with Crippen LogP contribution in [0.2, 0.25) is 0 Å². The molecule has 0 fully saturated rings. The third kappa shape index (κ3) is 2.08. The first kappa shape index (κ1) is 10.7. The van der Waals surface area contributed by atoms with Crippen molar-refractivity contribution >= 4 is 11.8 Å². The van der Waals surface area contributed by atoms with Crippen LogP contribution in [0.25, 0.3) is 0 Å². The van der Waals surface area contributed by atoms with Crippen molar-refractivity contribution in [3.63, 3.8) is 0 Å². The molecule has 0 N–H and O–H groups in total. The number of carbonyl (C=O) groups excluding carboxylic acids is 2. The summed E-state index contributed by atoms with van der Waals surface area (Å²) < 4.78 is 4.80. The molecule has 0 aromatic carbocycles. The normalized spacial score (nSPS) is 14.4. The molecular weight excluding hydrogens is 208 g/mol. The van der Waals surface area contributed by atoms with Crippen LogP contribution >= 0.6 is 0 Å². The number of fused-ring (bicyclic) bond motifs is 1. The van der Waals surface area contributed by atoms with Gasteiger partial charge in [-0.25, -0.2) is 14.8 Å². The first-order valence-electron chi connectivity index (χ1n) is 5.24. The molecule has 1 aromatic heterocycles. The minimum absolute atomic E-state index is 0.0373. The van der Waals surface area contributed by atoms with Gasteiger partial charge in [0.1, 0.15) is 5.78 Å². The number of rotatable bonds is 2. The predicted octanol–water partition coefficient (Wildman–Crippen LogP) is 0.711. The van der Waals surface area contributed by atoms with Crippen LogP contribution in [0.1, 0.15) is 35.2 Å². The number of ether oxygens (including phenoxy) is 1. The second-order valence-electron chi connectivity index (χ2n) is 3.60. The van der Waals surface area contributed by atoms with E-state index in [4.69, 9.17) is 4.74 Å². The predicted molar refractivity (Wildman–Crippen MR) is 55.0 cm³/mol. The van der Waals surface area contributed by atoms with E-state index >= 15 is 0 Å². The summed E-state index contributed by atoms with van der Waals surface area (Å²) >= 11 is 0. The molecular formula is C11H12N2O3. The van der Waals surface area contributed by atoms with Gasteiger partial charge in [0.05, 0.1) is 12.3 Å². The van der Waals surface area contributed by atoms with Crippen LogP contribution in [0.4, 0.5) is 0 Å². The molecule has 0 saturated heterocycles. The van der Waals surface area contributed by atoms with Crippen molar-refractivity contribution in [1.29, 1.82) is 0 Å². The Balaban J connectivity index is 2.27. The van der Waals surface area contributed by atoms with Gasteiger partial charge in [-0.05, 0) is 18.9 Å². The van der Waals surface area contributed by atoms with Crippen LogP contribution in [-0.2, 0) is 22.4 Å². The van der Waals surface area contributed by atoms with Crippen LogP contribution < -0.4 is 0 Å². The summed E-state index contributed by atoms with van der Waals surface area (Å²) in [6, 6.07) is 0. The lowest BCUT2D eigenvalue weighted by atomic mass is 9.96. The van der Waals surface area contributed by atoms with Gasteiger partial charge < -0.3 is 4.74 Å². The van der Waals surface area contributed by atoms with Gasteiger partial charge in [-0.15, -0.1) is 0 Å². The average Bonchev–Trinajstić information content (AvgIpc) is 2.28. The number of carbonyl (C=O) groups is 2. The molecule has 0 unspecified atom stereocenters. The van der Waals surface area contributed by atoms with Crippen LogP contribution in [0, 0.1) is 0 Å². The molecule has 5 nitrogen and oxygen atoms in total. The molecule has 1 aliphatic rings. The Morgan fingerprint density at radius 2 is 2.31 bits per heavy atom. The smallest absolute Gasteiger partial charge is 0.376 e. The van der Waals surface area contributed by atoms with E-state index in [0.717, 1.165) is 5.56 Å². The molecule has 1 heterocycles. The molecule has 84 valence electrons. The first-order chi connectivity index (χ1) is 7.70. The van der Waals surface area contributed by atoms with E-state index in [1.807, 2.05) is 0 Å². The van der Waals surface area contributed by atoms with Gasteiger partial charge in [0.15, 0.2) is 0 Å². The molecule has 2 rings (SSSR count). The highest BCUT2D eigenvalue weighted by Crippen LogP contribution is 2.16. The number of esters is 1. The monoisotopic (exact) mass is 220 g/mol. The van der Waals surface area contributed by atoms with E-state index in [2.05, 4.69) is 9.97 Å². The molecule has 0 bridgehead atoms. The number of Topliss-reactive ketones (excluding diaryl/α,β-unsaturated/α-hetero) is 1. The maximum absolute atomic E-state index is 11.4. The van der Waals surface area contributed by atoms with E-state index in [-0.39, 0.29) is 18.2 Å². The highest BCUT2D eigenvalue weighted by molar-refractivity contribution is 5.86. The highest BCUT2D eigenvalue weighted by Gasteiger charge is 2.20. The Kier molecular flexibility index (Phi) is 2.94. The Bertz CT molecular complexity index is 443. The van der Waals surface area contributed by atoms with Crippen molar-refractivity contribution in [1.82, 2.24) is 9.97 Å². The lowest BCUT2D eigenvalue weighted by Crippen LogP contribution is -2.19. The number of ketones is 1. The van der Waals surface area contributed by atoms with E-state index < -0.39 is 5.97 Å². The first-order valence-corrected chi connectivity index (χ1v) is 5.24. The molecule has 0 aliphatic heterocycles. The zero-order valence-corrected chi connectivity index (χ0v) is 9.02. The molecule has 1 aromatic rings. The maximum atomic E-state index is 11.4. The number of aromatic nitrogens is 2. The topological polar surface area (TPSA) is 69.2 Å². The lowest BCUT2D eigenvalue weighted by Gasteiger charge is -2.13. The summed E-state index contributed by atoms with van der Waals surface area (Å²) in [5.74, 6) is -0.348. The highest BCUT2D eigenvalue weighted by atomic mass is 16.5. The second kappa shape index (κ2) is 4.38. The third-order valence-electron chi connectivity index (χ3n) is 2.45. The van der Waals surface area contributed by atoms with Crippen molar-refractivity contribution in [2.75, 3.05) is 6.61 Å². The van der Waals surface area contributed by atoms with Crippen LogP contribution in [0.3, 0.4) is 0 Å². The van der Waals surface area contributed by atoms with E-state index in [1.54, 1.807) is 13.1 Å². The van der Waals surface area contributed by atoms with Gasteiger partial charge in [-0.1, -0.05) is 0 Å². The van der Waals surface area contributed by atoms with Gasteiger partial charge in [0.25, 0.3) is 0 Å². The largest absolute Gasteiger partial charge is 0.460 e. The standard InChI is InChI=1S/C11H12N2O3/c1-2-16-11(15)10-12-6-7-3-4-8(14)5-9(7)13-10/h6H,2-5H2,1H3. The minimum atomic E-state index is -0.539. The van der Waals surface area contributed by atoms with Crippen LogP contribution in [0.5, 0.6) is 0 Å². The van der Waals surface area contributed by atoms with Crippen molar-refractivity contribution in [3.05, 3.63) is 23.3 Å². The average molecular weight is 220 g/mol. The van der Waals surface area contributed by atoms with Crippen molar-refractivity contribution < 1.29 is 14.3 Å². The summed E-state index contributed by atoms with van der Waals surface area (Å²) in [5, 5.41) is 0. The van der Waals surface area contributed by atoms with Crippen LogP contribution in [-0.4, -0.2) is 28.3 Å². The number of nitrogens with zero attached hydrogens (tertiary/aromatic N) is 2. The summed E-state index contributed by atoms with van der Waals surface area (Å²) in [4.78, 5) is 30.7. The third-order valence-corrected chi connectivity index (χ3v) is 2.45. The van der Waals surface area contributed by atoms with Crippen molar-refractivity contribution in [2.45, 2.75) is 26.2 Å². The van der Waals surface area contributed by atoms with Gasteiger partial charge in [0.2, 0.25) is 5.82 Å². The molecule has 0 atom stereocenters. The number of hydrogen-bond acceptors (Lipinski definition) is 5. The Morgan fingerprint density at radius 3 is 3.06 bits per heavy atom. The zero-order valence-electron chi connectivity index (χ0n) is 9.02. The maximum Gasteiger partial charge on any atom is 0.376 e. The number of aryl methyl sites for hydroxylation is 1. The molecule has 5 heteroatoms. The van der Waals surface area contributed by atoms with Crippen molar-refractivity contribution in [3.8, 4) is 0 Å². The summed E-state index contributed by atoms with van der Waals surface area (Å²) in [6.07, 6.45) is 3.11. The molecule has 0 spiro atoms. The Morgan fingerprint density at radius 1 is 1.50 bits per heavy atom. The van der Waals surface area contributed by atoms with E-state index in [0.29, 0.717) is 25.0 Å². The molecule has 0 amide bonds. The van der Waals surface area contributed by atoms with Crippen molar-refractivity contribution in [2.24, 2.45) is 0 Å². The van der Waals surface area contributed by atoms with Crippen LogP contribution in [0.15, 0.2) is 6.20 Å². The fourth-order valence-electron chi connectivity index (χ4n) is 1.65. The summed E-state index contributed by atoms with van der Waals surface area (Å²) in [5.41, 5.74) is 1.61. The van der Waals surface area contributed by atoms with Gasteiger partial charge in [-0.3, -0.25) is 4.79 Å². The van der Waals surface area contributed by atoms with E-state index in [1.165, 1.54) is 0 Å². The lowest BCUT2D eigenvalue weighted by molar-refractivity contribution is -0.118. The van der Waals surface area contributed by atoms with E-state index in [9.17, 15) is 9.59 Å². The summed E-state index contributed by atoms with van der Waals surface area (Å²) in [7, 11) is 0.